The molecule has 1 heterocycles. The number of aryl methyl sites for hydroxylation is 1. The molecule has 0 unspecified atom stereocenters. The van der Waals surface area contributed by atoms with Crippen molar-refractivity contribution in [3.8, 4) is 11.3 Å². The summed E-state index contributed by atoms with van der Waals surface area (Å²) in [5, 5.41) is 0. The van der Waals surface area contributed by atoms with Crippen LogP contribution in [0.25, 0.3) is 11.3 Å². The van der Waals surface area contributed by atoms with Gasteiger partial charge in [0.15, 0.2) is 9.84 Å². The fraction of sp³-hybridized carbons (Fsp3) is 0.154. The van der Waals surface area contributed by atoms with Crippen molar-refractivity contribution in [3.63, 3.8) is 0 Å². The largest absolute Gasteiger partial charge is 0.256 e. The monoisotopic (exact) mass is 247 g/mol. The molecular weight excluding hydrogens is 234 g/mol. The van der Waals surface area contributed by atoms with Crippen LogP contribution in [0.5, 0.6) is 0 Å². The van der Waals surface area contributed by atoms with Gasteiger partial charge in [0.05, 0.1) is 10.6 Å². The van der Waals surface area contributed by atoms with E-state index >= 15 is 0 Å². The second kappa shape index (κ2) is 4.30. The van der Waals surface area contributed by atoms with E-state index in [2.05, 4.69) is 4.98 Å². The molecule has 1 aromatic carbocycles. The minimum absolute atomic E-state index is 0.317. The Hall–Kier alpha value is -1.68. The lowest BCUT2D eigenvalue weighted by Gasteiger charge is -2.03. The van der Waals surface area contributed by atoms with Gasteiger partial charge in [-0.05, 0) is 30.7 Å². The number of sulfone groups is 1. The third-order valence-corrected chi connectivity index (χ3v) is 3.58. The van der Waals surface area contributed by atoms with E-state index in [-0.39, 0.29) is 0 Å². The standard InChI is InChI=1S/C13H13NO2S/c1-10-6-7-13(14-9-10)11-4-3-5-12(8-11)17(2,15)16/h3-9H,1-2H3. The van der Waals surface area contributed by atoms with Crippen molar-refractivity contribution < 1.29 is 8.42 Å². The molecule has 17 heavy (non-hydrogen) atoms. The van der Waals surface area contributed by atoms with Gasteiger partial charge >= 0.3 is 0 Å². The van der Waals surface area contributed by atoms with Gasteiger partial charge in [-0.1, -0.05) is 18.2 Å². The van der Waals surface area contributed by atoms with E-state index in [1.54, 1.807) is 24.4 Å². The topological polar surface area (TPSA) is 47.0 Å². The summed E-state index contributed by atoms with van der Waals surface area (Å²) in [6, 6.07) is 10.7. The van der Waals surface area contributed by atoms with Crippen LogP contribution in [-0.4, -0.2) is 19.7 Å². The Morgan fingerprint density at radius 1 is 1.12 bits per heavy atom. The predicted octanol–water partition coefficient (Wildman–Crippen LogP) is 2.46. The van der Waals surface area contributed by atoms with Crippen LogP contribution >= 0.6 is 0 Å². The molecule has 0 radical (unpaired) electrons. The Labute approximate surface area is 101 Å². The number of hydrogen-bond acceptors (Lipinski definition) is 3. The van der Waals surface area contributed by atoms with Crippen LogP contribution in [0.4, 0.5) is 0 Å². The van der Waals surface area contributed by atoms with Gasteiger partial charge < -0.3 is 0 Å². The zero-order chi connectivity index (χ0) is 12.5. The van der Waals surface area contributed by atoms with Crippen molar-refractivity contribution in [1.29, 1.82) is 0 Å². The second-order valence-electron chi connectivity index (χ2n) is 4.02. The summed E-state index contributed by atoms with van der Waals surface area (Å²) in [6.45, 7) is 1.96. The van der Waals surface area contributed by atoms with Crippen molar-refractivity contribution in [3.05, 3.63) is 48.2 Å². The van der Waals surface area contributed by atoms with E-state index in [0.29, 0.717) is 4.90 Å². The van der Waals surface area contributed by atoms with Crippen LogP contribution in [0.15, 0.2) is 47.5 Å². The van der Waals surface area contributed by atoms with E-state index in [4.69, 9.17) is 0 Å². The number of nitrogens with zero attached hydrogens (tertiary/aromatic N) is 1. The third-order valence-electron chi connectivity index (χ3n) is 2.47. The van der Waals surface area contributed by atoms with Gasteiger partial charge in [0, 0.05) is 18.0 Å². The van der Waals surface area contributed by atoms with E-state index in [9.17, 15) is 8.42 Å². The molecule has 2 aromatic rings. The molecule has 0 aliphatic carbocycles. The van der Waals surface area contributed by atoms with Crippen LogP contribution < -0.4 is 0 Å². The Morgan fingerprint density at radius 3 is 2.47 bits per heavy atom. The predicted molar refractivity (Wildman–Crippen MR) is 67.5 cm³/mol. The maximum atomic E-state index is 11.5. The maximum Gasteiger partial charge on any atom is 0.175 e. The van der Waals surface area contributed by atoms with Crippen LogP contribution in [0.1, 0.15) is 5.56 Å². The van der Waals surface area contributed by atoms with Crippen LogP contribution in [0.2, 0.25) is 0 Å². The highest BCUT2D eigenvalue weighted by Crippen LogP contribution is 2.20. The van der Waals surface area contributed by atoms with E-state index in [0.717, 1.165) is 16.8 Å². The van der Waals surface area contributed by atoms with Crippen LogP contribution in [0.3, 0.4) is 0 Å². The van der Waals surface area contributed by atoms with E-state index in [1.807, 2.05) is 25.1 Å². The Bertz CT molecular complexity index is 631. The molecule has 2 rings (SSSR count). The van der Waals surface area contributed by atoms with Gasteiger partial charge in [0.1, 0.15) is 0 Å². The van der Waals surface area contributed by atoms with Gasteiger partial charge in [0.2, 0.25) is 0 Å². The first kappa shape index (κ1) is 11.8. The lowest BCUT2D eigenvalue weighted by atomic mass is 10.1. The number of pyridine rings is 1. The number of rotatable bonds is 2. The molecule has 0 N–H and O–H groups in total. The summed E-state index contributed by atoms with van der Waals surface area (Å²) in [6.07, 6.45) is 2.97. The molecule has 0 saturated carbocycles. The maximum absolute atomic E-state index is 11.5. The third kappa shape index (κ3) is 2.71. The quantitative estimate of drug-likeness (QED) is 0.819. The molecular formula is C13H13NO2S. The lowest BCUT2D eigenvalue weighted by molar-refractivity contribution is 0.602. The molecule has 0 saturated heterocycles. The SMILES string of the molecule is Cc1ccc(-c2cccc(S(C)(=O)=O)c2)nc1. The van der Waals surface area contributed by atoms with Crippen molar-refractivity contribution in [1.82, 2.24) is 4.98 Å². The fourth-order valence-electron chi connectivity index (χ4n) is 1.52. The zero-order valence-corrected chi connectivity index (χ0v) is 10.5. The smallest absolute Gasteiger partial charge is 0.175 e. The van der Waals surface area contributed by atoms with Gasteiger partial charge in [-0.15, -0.1) is 0 Å². The first-order valence-corrected chi connectivity index (χ1v) is 7.09. The van der Waals surface area contributed by atoms with Gasteiger partial charge in [0.25, 0.3) is 0 Å². The molecule has 1 aromatic heterocycles. The highest BCUT2D eigenvalue weighted by molar-refractivity contribution is 7.90. The number of hydrogen-bond donors (Lipinski definition) is 0. The summed E-state index contributed by atoms with van der Waals surface area (Å²) in [4.78, 5) is 4.59. The summed E-state index contributed by atoms with van der Waals surface area (Å²) in [5.41, 5.74) is 2.67. The first-order valence-electron chi connectivity index (χ1n) is 5.20. The lowest BCUT2D eigenvalue weighted by Crippen LogP contribution is -1.97. The molecule has 0 fully saturated rings. The average molecular weight is 247 g/mol. The molecule has 3 nitrogen and oxygen atoms in total. The molecule has 88 valence electrons. The van der Waals surface area contributed by atoms with E-state index in [1.165, 1.54) is 6.26 Å². The minimum atomic E-state index is -3.17. The van der Waals surface area contributed by atoms with Crippen LogP contribution in [0, 0.1) is 6.92 Å². The average Bonchev–Trinajstić information content (AvgIpc) is 2.29. The summed E-state index contributed by atoms with van der Waals surface area (Å²) in [5.74, 6) is 0. The normalized spacial score (nSPS) is 11.4. The molecule has 4 heteroatoms. The zero-order valence-electron chi connectivity index (χ0n) is 9.71. The Balaban J connectivity index is 2.50. The van der Waals surface area contributed by atoms with E-state index < -0.39 is 9.84 Å². The summed E-state index contributed by atoms with van der Waals surface area (Å²) < 4.78 is 22.9. The summed E-state index contributed by atoms with van der Waals surface area (Å²) >= 11 is 0. The van der Waals surface area contributed by atoms with Gasteiger partial charge in [-0.2, -0.15) is 0 Å². The van der Waals surface area contributed by atoms with Crippen molar-refractivity contribution in [2.45, 2.75) is 11.8 Å². The van der Waals surface area contributed by atoms with Crippen molar-refractivity contribution >= 4 is 9.84 Å². The van der Waals surface area contributed by atoms with Crippen molar-refractivity contribution in [2.75, 3.05) is 6.26 Å². The highest BCUT2D eigenvalue weighted by atomic mass is 32.2. The van der Waals surface area contributed by atoms with Crippen LogP contribution in [-0.2, 0) is 9.84 Å². The molecule has 0 aliphatic heterocycles. The molecule has 0 bridgehead atoms. The van der Waals surface area contributed by atoms with Gasteiger partial charge in [-0.25, -0.2) is 8.42 Å². The summed E-state index contributed by atoms with van der Waals surface area (Å²) in [7, 11) is -3.17. The number of benzene rings is 1. The minimum Gasteiger partial charge on any atom is -0.256 e. The molecule has 0 aliphatic rings. The molecule has 0 amide bonds. The molecule has 0 atom stereocenters. The van der Waals surface area contributed by atoms with Crippen molar-refractivity contribution in [2.24, 2.45) is 0 Å². The fourth-order valence-corrected chi connectivity index (χ4v) is 2.19. The Morgan fingerprint density at radius 2 is 1.88 bits per heavy atom. The second-order valence-corrected chi connectivity index (χ2v) is 6.04. The first-order chi connectivity index (χ1) is 7.97. The highest BCUT2D eigenvalue weighted by Gasteiger charge is 2.08. The molecule has 0 spiro atoms. The number of aromatic nitrogens is 1. The van der Waals surface area contributed by atoms with Gasteiger partial charge in [-0.3, -0.25) is 4.98 Å². The Kier molecular flexibility index (Phi) is 2.98.